The van der Waals surface area contributed by atoms with E-state index in [9.17, 15) is 4.79 Å². The summed E-state index contributed by atoms with van der Waals surface area (Å²) < 4.78 is 0. The van der Waals surface area contributed by atoms with Gasteiger partial charge >= 0.3 is 0 Å². The van der Waals surface area contributed by atoms with E-state index in [0.717, 1.165) is 5.46 Å². The summed E-state index contributed by atoms with van der Waals surface area (Å²) in [7, 11) is 1.81. The van der Waals surface area contributed by atoms with E-state index in [4.69, 9.17) is 5.73 Å². The van der Waals surface area contributed by atoms with Crippen molar-refractivity contribution in [1.29, 1.82) is 0 Å². The van der Waals surface area contributed by atoms with Gasteiger partial charge in [0.15, 0.2) is 7.28 Å². The Labute approximate surface area is 77.6 Å². The fourth-order valence-electron chi connectivity index (χ4n) is 0.808. The molecule has 6 N–H and O–H groups in total. The molecule has 0 saturated heterocycles. The van der Waals surface area contributed by atoms with Crippen LogP contribution >= 0.6 is 0 Å². The molecule has 0 aliphatic carbocycles. The zero-order valence-corrected chi connectivity index (χ0v) is 7.16. The topological polar surface area (TPSA) is 106 Å². The second-order valence-corrected chi connectivity index (χ2v) is 2.29. The first-order valence-electron chi connectivity index (χ1n) is 3.45. The van der Waals surface area contributed by atoms with Crippen molar-refractivity contribution in [2.24, 2.45) is 5.73 Å². The van der Waals surface area contributed by atoms with Gasteiger partial charge in [0.25, 0.3) is 0 Å². The van der Waals surface area contributed by atoms with Crippen LogP contribution < -0.4 is 11.2 Å². The minimum Gasteiger partial charge on any atom is -0.412 e. The summed E-state index contributed by atoms with van der Waals surface area (Å²) in [6.45, 7) is 0. The van der Waals surface area contributed by atoms with Crippen molar-refractivity contribution in [2.45, 2.75) is 6.32 Å². The van der Waals surface area contributed by atoms with Gasteiger partial charge in [0.1, 0.15) is 0 Å². The van der Waals surface area contributed by atoms with E-state index in [2.05, 4.69) is 0 Å². The molecule has 1 radical (unpaired) electrons. The third-order valence-electron chi connectivity index (χ3n) is 1.34. The van der Waals surface area contributed by atoms with E-state index < -0.39 is 0 Å². The van der Waals surface area contributed by atoms with Gasteiger partial charge in [0.05, 0.1) is 0 Å². The predicted octanol–water partition coefficient (Wildman–Crippen LogP) is -1.73. The van der Waals surface area contributed by atoms with E-state index in [0.29, 0.717) is 6.32 Å². The average molecular weight is 182 g/mol. The number of carbonyl (C=O) groups excluding carboxylic acids is 1. The summed E-state index contributed by atoms with van der Waals surface area (Å²) >= 11 is 0. The molecule has 0 aliphatic rings. The molecule has 0 spiro atoms. The zero-order valence-electron chi connectivity index (χ0n) is 7.16. The highest BCUT2D eigenvalue weighted by molar-refractivity contribution is 6.56. The first-order valence-corrected chi connectivity index (χ1v) is 3.45. The molecular formula is C8H13BNO3. The van der Waals surface area contributed by atoms with Crippen LogP contribution in [-0.2, 0) is 4.79 Å². The van der Waals surface area contributed by atoms with Crippen LogP contribution in [0.5, 0.6) is 0 Å². The van der Waals surface area contributed by atoms with E-state index in [1.165, 1.54) is 0 Å². The Morgan fingerprint density at radius 2 is 1.77 bits per heavy atom. The highest BCUT2D eigenvalue weighted by atomic mass is 16.1. The lowest BCUT2D eigenvalue weighted by Gasteiger charge is -1.94. The van der Waals surface area contributed by atoms with E-state index in [1.54, 1.807) is 0 Å². The predicted molar refractivity (Wildman–Crippen MR) is 53.1 cm³/mol. The van der Waals surface area contributed by atoms with Crippen molar-refractivity contribution in [2.75, 3.05) is 0 Å². The van der Waals surface area contributed by atoms with Crippen LogP contribution in [0.4, 0.5) is 0 Å². The van der Waals surface area contributed by atoms with Crippen molar-refractivity contribution in [3.05, 3.63) is 30.3 Å². The maximum absolute atomic E-state index is 10.4. The number of hydrogen-bond donors (Lipinski definition) is 1. The van der Waals surface area contributed by atoms with Gasteiger partial charge in [-0.05, 0) is 0 Å². The molecule has 0 aliphatic heterocycles. The zero-order chi connectivity index (χ0) is 8.10. The molecule has 0 unspecified atom stereocenters. The Kier molecular flexibility index (Phi) is 8.01. The molecule has 5 heteroatoms. The second kappa shape index (κ2) is 7.33. The first-order chi connectivity index (χ1) is 5.29. The van der Waals surface area contributed by atoms with E-state index in [-0.39, 0.29) is 16.9 Å². The smallest absolute Gasteiger partial charge is 0.209 e. The number of carbonyl (C=O) groups is 1. The molecule has 0 heterocycles. The molecule has 1 amide bonds. The highest BCUT2D eigenvalue weighted by Gasteiger charge is 1.97. The van der Waals surface area contributed by atoms with Gasteiger partial charge in [-0.25, -0.2) is 0 Å². The molecule has 0 saturated carbocycles. The average Bonchev–Trinajstić information content (AvgIpc) is 2.03. The maximum atomic E-state index is 10.4. The van der Waals surface area contributed by atoms with Crippen molar-refractivity contribution in [3.8, 4) is 0 Å². The molecule has 0 aromatic heterocycles. The molecule has 1 rings (SSSR count). The molecule has 13 heavy (non-hydrogen) atoms. The number of amides is 1. The van der Waals surface area contributed by atoms with Crippen LogP contribution in [-0.4, -0.2) is 24.1 Å². The molecule has 0 fully saturated rings. The summed E-state index contributed by atoms with van der Waals surface area (Å²) in [4.78, 5) is 10.4. The van der Waals surface area contributed by atoms with Gasteiger partial charge < -0.3 is 16.7 Å². The Hall–Kier alpha value is -1.33. The van der Waals surface area contributed by atoms with E-state index in [1.807, 2.05) is 37.6 Å². The Morgan fingerprint density at radius 1 is 1.23 bits per heavy atom. The van der Waals surface area contributed by atoms with E-state index >= 15 is 0 Å². The Balaban J connectivity index is 0. The van der Waals surface area contributed by atoms with Crippen molar-refractivity contribution >= 4 is 18.6 Å². The third-order valence-corrected chi connectivity index (χ3v) is 1.34. The van der Waals surface area contributed by atoms with Crippen molar-refractivity contribution in [3.63, 3.8) is 0 Å². The van der Waals surface area contributed by atoms with Crippen LogP contribution in [0.25, 0.3) is 0 Å². The minimum absolute atomic E-state index is 0. The molecule has 71 valence electrons. The van der Waals surface area contributed by atoms with Gasteiger partial charge in [-0.3, -0.25) is 4.79 Å². The summed E-state index contributed by atoms with van der Waals surface area (Å²) in [5, 5.41) is 0. The molecular weight excluding hydrogens is 169 g/mol. The van der Waals surface area contributed by atoms with Crippen LogP contribution in [0.15, 0.2) is 30.3 Å². The number of nitrogens with two attached hydrogens (primary N) is 1. The number of hydrogen-bond acceptors (Lipinski definition) is 1. The third kappa shape index (κ3) is 5.89. The van der Waals surface area contributed by atoms with Gasteiger partial charge in [-0.2, -0.15) is 0 Å². The second-order valence-electron chi connectivity index (χ2n) is 2.29. The standard InChI is InChI=1S/C8H9BNO.2H2O/c10-8(11)6-9-7-4-2-1-3-5-7;;/h1-5H,6H2,(H2,10,11);2*1H2. The van der Waals surface area contributed by atoms with Gasteiger partial charge in [0.2, 0.25) is 5.91 Å². The number of primary amides is 1. The lowest BCUT2D eigenvalue weighted by Crippen LogP contribution is -2.20. The summed E-state index contributed by atoms with van der Waals surface area (Å²) in [6.07, 6.45) is 0.310. The molecule has 1 aromatic carbocycles. The Morgan fingerprint density at radius 3 is 2.23 bits per heavy atom. The fraction of sp³-hybridized carbons (Fsp3) is 0.125. The summed E-state index contributed by atoms with van der Waals surface area (Å²) in [5.41, 5.74) is 6.00. The van der Waals surface area contributed by atoms with Gasteiger partial charge in [0, 0.05) is 6.32 Å². The molecule has 0 bridgehead atoms. The normalized spacial score (nSPS) is 7.69. The minimum atomic E-state index is -0.297. The lowest BCUT2D eigenvalue weighted by molar-refractivity contribution is -0.115. The SMILES string of the molecule is NC(=O)C[B]c1ccccc1.O.O. The largest absolute Gasteiger partial charge is 0.412 e. The maximum Gasteiger partial charge on any atom is 0.209 e. The van der Waals surface area contributed by atoms with Crippen LogP contribution in [0.1, 0.15) is 0 Å². The molecule has 0 atom stereocenters. The first kappa shape index (κ1) is 14.2. The fourth-order valence-corrected chi connectivity index (χ4v) is 0.808. The summed E-state index contributed by atoms with van der Waals surface area (Å²) in [5.74, 6) is -0.297. The van der Waals surface area contributed by atoms with Crippen LogP contribution in [0.3, 0.4) is 0 Å². The lowest BCUT2D eigenvalue weighted by atomic mass is 9.67. The highest BCUT2D eigenvalue weighted by Crippen LogP contribution is 1.83. The van der Waals surface area contributed by atoms with Crippen LogP contribution in [0, 0.1) is 0 Å². The van der Waals surface area contributed by atoms with Crippen molar-refractivity contribution < 1.29 is 15.7 Å². The molecule has 1 aromatic rings. The van der Waals surface area contributed by atoms with Crippen molar-refractivity contribution in [1.82, 2.24) is 0 Å². The van der Waals surface area contributed by atoms with Gasteiger partial charge in [-0.1, -0.05) is 35.8 Å². The number of rotatable bonds is 3. The Bertz CT molecular complexity index is 240. The monoisotopic (exact) mass is 182 g/mol. The summed E-state index contributed by atoms with van der Waals surface area (Å²) in [6, 6.07) is 9.65. The van der Waals surface area contributed by atoms with Crippen LogP contribution in [0.2, 0.25) is 6.32 Å². The molecule has 4 nitrogen and oxygen atoms in total. The quantitative estimate of drug-likeness (QED) is 0.551. The van der Waals surface area contributed by atoms with Gasteiger partial charge in [-0.15, -0.1) is 0 Å². The number of benzene rings is 1.